The molecule has 24 heavy (non-hydrogen) atoms. The van der Waals surface area contributed by atoms with E-state index < -0.39 is 11.8 Å². The zero-order chi connectivity index (χ0) is 17.6. The van der Waals surface area contributed by atoms with Crippen molar-refractivity contribution in [2.45, 2.75) is 90.9 Å². The summed E-state index contributed by atoms with van der Waals surface area (Å²) in [5, 5.41) is 0. The van der Waals surface area contributed by atoms with Gasteiger partial charge in [-0.25, -0.2) is 9.18 Å². The van der Waals surface area contributed by atoms with E-state index in [-0.39, 0.29) is 12.3 Å². The lowest BCUT2D eigenvalue weighted by atomic mass is 10.0. The molecule has 1 aromatic heterocycles. The maximum absolute atomic E-state index is 13.7. The molecular weight excluding hydrogens is 305 g/mol. The Morgan fingerprint density at radius 2 is 1.50 bits per heavy atom. The van der Waals surface area contributed by atoms with Gasteiger partial charge in [0.25, 0.3) is 0 Å². The maximum atomic E-state index is 13.7. The molecule has 0 unspecified atom stereocenters. The zero-order valence-electron chi connectivity index (χ0n) is 15.5. The van der Waals surface area contributed by atoms with Gasteiger partial charge in [-0.05, 0) is 25.8 Å². The highest BCUT2D eigenvalue weighted by atomic mass is 19.1. The van der Waals surface area contributed by atoms with Gasteiger partial charge in [-0.3, -0.25) is 0 Å². The highest BCUT2D eigenvalue weighted by Gasteiger charge is 2.16. The summed E-state index contributed by atoms with van der Waals surface area (Å²) in [6, 6.07) is 1.42. The van der Waals surface area contributed by atoms with E-state index in [2.05, 4.69) is 11.9 Å². The second-order valence-corrected chi connectivity index (χ2v) is 6.52. The Labute approximate surface area is 146 Å². The molecule has 0 spiro atoms. The third-order valence-electron chi connectivity index (χ3n) is 4.35. The number of halogens is 1. The van der Waals surface area contributed by atoms with Crippen LogP contribution in [0.5, 0.6) is 0 Å². The van der Waals surface area contributed by atoms with Gasteiger partial charge >= 0.3 is 5.97 Å². The first kappa shape index (κ1) is 20.7. The Kier molecular flexibility index (Phi) is 11.2. The summed E-state index contributed by atoms with van der Waals surface area (Å²) in [6.07, 6.45) is 15.0. The monoisotopic (exact) mass is 339 g/mol. The van der Waals surface area contributed by atoms with E-state index in [4.69, 9.17) is 4.74 Å². The van der Waals surface area contributed by atoms with Gasteiger partial charge in [0.05, 0.1) is 6.61 Å². The fraction of sp³-hybridized carbons (Fsp3) is 0.750. The van der Waals surface area contributed by atoms with Crippen molar-refractivity contribution in [1.29, 1.82) is 0 Å². The van der Waals surface area contributed by atoms with Crippen LogP contribution >= 0.6 is 0 Å². The van der Waals surface area contributed by atoms with Crippen LogP contribution < -0.4 is 0 Å². The Hall–Kier alpha value is -1.32. The molecule has 1 heterocycles. The Bertz CT molecular complexity index is 456. The first-order chi connectivity index (χ1) is 11.7. The van der Waals surface area contributed by atoms with Crippen LogP contribution in [0.4, 0.5) is 4.39 Å². The molecule has 0 aliphatic rings. The Balaban J connectivity index is 2.05. The van der Waals surface area contributed by atoms with Gasteiger partial charge in [0.15, 0.2) is 11.5 Å². The first-order valence-corrected chi connectivity index (χ1v) is 9.73. The fourth-order valence-electron chi connectivity index (χ4n) is 2.95. The van der Waals surface area contributed by atoms with Gasteiger partial charge in [-0.1, -0.05) is 71.1 Å². The smallest absolute Gasteiger partial charge is 0.357 e. The Morgan fingerprint density at radius 1 is 0.958 bits per heavy atom. The normalized spacial score (nSPS) is 11.0. The van der Waals surface area contributed by atoms with Crippen molar-refractivity contribution in [2.75, 3.05) is 6.61 Å². The van der Waals surface area contributed by atoms with Crippen LogP contribution in [0.1, 0.15) is 101 Å². The van der Waals surface area contributed by atoms with Crippen LogP contribution in [0, 0.1) is 5.82 Å². The molecular formula is C20H34FNO2. The minimum absolute atomic E-state index is 0.0464. The lowest BCUT2D eigenvalue weighted by Crippen LogP contribution is -2.07. The van der Waals surface area contributed by atoms with Gasteiger partial charge in [-0.2, -0.15) is 0 Å². The first-order valence-electron chi connectivity index (χ1n) is 9.73. The van der Waals surface area contributed by atoms with E-state index in [1.54, 1.807) is 6.92 Å². The van der Waals surface area contributed by atoms with Crippen molar-refractivity contribution in [3.63, 3.8) is 0 Å². The predicted octanol–water partition coefficient (Wildman–Crippen LogP) is 6.18. The molecule has 0 atom stereocenters. The highest BCUT2D eigenvalue weighted by molar-refractivity contribution is 5.87. The summed E-state index contributed by atoms with van der Waals surface area (Å²) in [7, 11) is 0. The van der Waals surface area contributed by atoms with Gasteiger partial charge in [0.2, 0.25) is 0 Å². The number of hydrogen-bond donors (Lipinski definition) is 1. The quantitative estimate of drug-likeness (QED) is 0.324. The number of aromatic amines is 1. The molecule has 0 fully saturated rings. The van der Waals surface area contributed by atoms with Crippen LogP contribution in [0.2, 0.25) is 0 Å². The molecule has 1 N–H and O–H groups in total. The van der Waals surface area contributed by atoms with Crippen LogP contribution in [0.15, 0.2) is 6.07 Å². The second-order valence-electron chi connectivity index (χ2n) is 6.52. The standard InChI is InChI=1S/C20H34FNO2/c1-3-5-6-7-8-9-10-11-12-13-14-15-17-16-18(21)19(22-17)20(23)24-4-2/h16,22H,3-15H2,1-2H3. The number of hydrogen-bond acceptors (Lipinski definition) is 2. The number of aryl methyl sites for hydroxylation is 1. The average Bonchev–Trinajstić information content (AvgIpc) is 2.94. The van der Waals surface area contributed by atoms with Crippen molar-refractivity contribution in [3.8, 4) is 0 Å². The minimum Gasteiger partial charge on any atom is -0.461 e. The van der Waals surface area contributed by atoms with Gasteiger partial charge in [0, 0.05) is 5.69 Å². The number of esters is 1. The summed E-state index contributed by atoms with van der Waals surface area (Å²) in [5.41, 5.74) is 0.737. The number of nitrogens with one attached hydrogen (secondary N) is 1. The Morgan fingerprint density at radius 3 is 2.04 bits per heavy atom. The predicted molar refractivity (Wildman–Crippen MR) is 96.9 cm³/mol. The van der Waals surface area contributed by atoms with Crippen molar-refractivity contribution in [2.24, 2.45) is 0 Å². The SMILES string of the molecule is CCCCCCCCCCCCCc1cc(F)c(C(=O)OCC)[nH]1. The lowest BCUT2D eigenvalue weighted by molar-refractivity contribution is 0.0514. The minimum atomic E-state index is -0.611. The number of carbonyl (C=O) groups is 1. The molecule has 4 heteroatoms. The van der Waals surface area contributed by atoms with Gasteiger partial charge < -0.3 is 9.72 Å². The highest BCUT2D eigenvalue weighted by Crippen LogP contribution is 2.15. The van der Waals surface area contributed by atoms with Crippen molar-refractivity contribution < 1.29 is 13.9 Å². The largest absolute Gasteiger partial charge is 0.461 e. The molecule has 0 bridgehead atoms. The summed E-state index contributed by atoms with van der Waals surface area (Å²) in [4.78, 5) is 14.4. The van der Waals surface area contributed by atoms with E-state index in [0.717, 1.165) is 25.0 Å². The van der Waals surface area contributed by atoms with E-state index in [1.165, 1.54) is 63.9 Å². The molecule has 1 aromatic rings. The maximum Gasteiger partial charge on any atom is 0.357 e. The molecule has 0 aliphatic carbocycles. The van der Waals surface area contributed by atoms with E-state index in [1.807, 2.05) is 0 Å². The number of H-pyrrole nitrogens is 1. The molecule has 0 saturated heterocycles. The molecule has 0 saturated carbocycles. The topological polar surface area (TPSA) is 42.1 Å². The number of carbonyl (C=O) groups excluding carboxylic acids is 1. The fourth-order valence-corrected chi connectivity index (χ4v) is 2.95. The molecule has 0 amide bonds. The average molecular weight is 339 g/mol. The van der Waals surface area contributed by atoms with Crippen LogP contribution in [-0.4, -0.2) is 17.6 Å². The summed E-state index contributed by atoms with van der Waals surface area (Å²) < 4.78 is 18.5. The number of ether oxygens (including phenoxy) is 1. The number of aromatic nitrogens is 1. The summed E-state index contributed by atoms with van der Waals surface area (Å²) in [6.45, 7) is 4.22. The third-order valence-corrected chi connectivity index (χ3v) is 4.35. The summed E-state index contributed by atoms with van der Waals surface area (Å²) in [5.74, 6) is -1.12. The summed E-state index contributed by atoms with van der Waals surface area (Å²) >= 11 is 0. The molecule has 138 valence electrons. The van der Waals surface area contributed by atoms with Crippen LogP contribution in [-0.2, 0) is 11.2 Å². The zero-order valence-corrected chi connectivity index (χ0v) is 15.5. The van der Waals surface area contributed by atoms with E-state index >= 15 is 0 Å². The molecule has 0 aliphatic heterocycles. The lowest BCUT2D eigenvalue weighted by Gasteiger charge is -2.02. The van der Waals surface area contributed by atoms with E-state index in [0.29, 0.717) is 0 Å². The van der Waals surface area contributed by atoms with Crippen molar-refractivity contribution in [1.82, 2.24) is 4.98 Å². The van der Waals surface area contributed by atoms with Crippen molar-refractivity contribution >= 4 is 5.97 Å². The molecule has 0 aromatic carbocycles. The van der Waals surface area contributed by atoms with Gasteiger partial charge in [0.1, 0.15) is 0 Å². The van der Waals surface area contributed by atoms with Crippen molar-refractivity contribution in [3.05, 3.63) is 23.3 Å². The molecule has 1 rings (SSSR count). The third kappa shape index (κ3) is 8.51. The number of rotatable bonds is 14. The van der Waals surface area contributed by atoms with Gasteiger partial charge in [-0.15, -0.1) is 0 Å². The van der Waals surface area contributed by atoms with Crippen LogP contribution in [0.3, 0.4) is 0 Å². The molecule has 3 nitrogen and oxygen atoms in total. The van der Waals surface area contributed by atoms with Crippen LogP contribution in [0.25, 0.3) is 0 Å². The van der Waals surface area contributed by atoms with E-state index in [9.17, 15) is 9.18 Å². The second kappa shape index (κ2) is 13.0. The number of unbranched alkanes of at least 4 members (excludes halogenated alkanes) is 10. The molecule has 0 radical (unpaired) electrons.